The molecule has 0 spiro atoms. The normalized spacial score (nSPS) is 11.9. The van der Waals surface area contributed by atoms with Gasteiger partial charge in [-0.1, -0.05) is 37.2 Å². The summed E-state index contributed by atoms with van der Waals surface area (Å²) in [6.45, 7) is 3.48. The minimum Gasteiger partial charge on any atom is -0.395 e. The van der Waals surface area contributed by atoms with Gasteiger partial charge in [-0.3, -0.25) is 14.9 Å². The van der Waals surface area contributed by atoms with Crippen molar-refractivity contribution in [3.8, 4) is 11.1 Å². The van der Waals surface area contributed by atoms with Crippen LogP contribution in [0.25, 0.3) is 11.1 Å². The molecule has 0 fully saturated rings. The maximum Gasteiger partial charge on any atom is 0.326 e. The lowest BCUT2D eigenvalue weighted by Crippen LogP contribution is -2.22. The Hall–Kier alpha value is -3.28. The van der Waals surface area contributed by atoms with E-state index in [2.05, 4.69) is 20.8 Å². The second-order valence-corrected chi connectivity index (χ2v) is 8.99. The molecule has 0 aliphatic heterocycles. The van der Waals surface area contributed by atoms with Crippen molar-refractivity contribution in [1.29, 1.82) is 0 Å². The van der Waals surface area contributed by atoms with Gasteiger partial charge in [0.15, 0.2) is 0 Å². The van der Waals surface area contributed by atoms with E-state index in [1.54, 1.807) is 50.2 Å². The zero-order chi connectivity index (χ0) is 22.6. The van der Waals surface area contributed by atoms with Crippen molar-refractivity contribution in [1.82, 2.24) is 10.1 Å². The summed E-state index contributed by atoms with van der Waals surface area (Å²) >= 11 is 0. The average Bonchev–Trinajstić information content (AvgIpc) is 3.17. The Morgan fingerprint density at radius 3 is 2.35 bits per heavy atom. The average molecular weight is 446 g/mol. The molecule has 0 aliphatic rings. The molecular formula is C20H22N4O6S. The Kier molecular flexibility index (Phi) is 6.39. The van der Waals surface area contributed by atoms with E-state index in [4.69, 9.17) is 9.08 Å². The fourth-order valence-electron chi connectivity index (χ4n) is 2.62. The van der Waals surface area contributed by atoms with Gasteiger partial charge in [0, 0.05) is 28.9 Å². The van der Waals surface area contributed by atoms with Gasteiger partial charge >= 0.3 is 6.03 Å². The predicted octanol–water partition coefficient (Wildman–Crippen LogP) is 3.04. The maximum atomic E-state index is 12.2. The Balaban J connectivity index is 1.61. The SMILES string of the molecule is CC(C)(CO)c1cc(NC(=O)Nc2ccc(-c3ccc(CS(=O)(=O)O)nc3)cc2)on1. The Bertz CT molecular complexity index is 1160. The number of carbonyl (C=O) groups excluding carboxylic acids is 1. The summed E-state index contributed by atoms with van der Waals surface area (Å²) in [5.41, 5.74) is 2.26. The number of urea groups is 1. The van der Waals surface area contributed by atoms with E-state index < -0.39 is 27.3 Å². The van der Waals surface area contributed by atoms with E-state index in [-0.39, 0.29) is 18.2 Å². The molecule has 10 nitrogen and oxygen atoms in total. The number of nitrogens with one attached hydrogen (secondary N) is 2. The highest BCUT2D eigenvalue weighted by Gasteiger charge is 2.24. The zero-order valence-corrected chi connectivity index (χ0v) is 17.7. The largest absolute Gasteiger partial charge is 0.395 e. The lowest BCUT2D eigenvalue weighted by atomic mass is 9.91. The fourth-order valence-corrected chi connectivity index (χ4v) is 3.17. The standard InChI is InChI=1S/C20H22N4O6S/c1-20(2,12-25)17-9-18(30-24-17)23-19(26)22-15-6-3-13(4-7-15)14-5-8-16(21-10-14)11-31(27,28)29/h3-10,25H,11-12H2,1-2H3,(H2,22,23,26)(H,27,28,29). The molecule has 2 heterocycles. The number of nitrogens with zero attached hydrogens (tertiary/aromatic N) is 2. The van der Waals surface area contributed by atoms with Crippen LogP contribution < -0.4 is 10.6 Å². The molecule has 0 atom stereocenters. The molecule has 3 aromatic rings. The van der Waals surface area contributed by atoms with Crippen LogP contribution in [0.3, 0.4) is 0 Å². The van der Waals surface area contributed by atoms with Crippen LogP contribution in [-0.2, 0) is 21.3 Å². The van der Waals surface area contributed by atoms with E-state index in [1.807, 2.05) is 0 Å². The first-order valence-electron chi connectivity index (χ1n) is 9.22. The number of aliphatic hydroxyl groups excluding tert-OH is 1. The van der Waals surface area contributed by atoms with Gasteiger partial charge in [0.25, 0.3) is 10.1 Å². The van der Waals surface area contributed by atoms with Crippen molar-refractivity contribution in [2.75, 3.05) is 17.2 Å². The molecule has 3 rings (SSSR count). The predicted molar refractivity (Wildman–Crippen MR) is 114 cm³/mol. The molecule has 4 N–H and O–H groups in total. The number of anilines is 2. The smallest absolute Gasteiger partial charge is 0.326 e. The summed E-state index contributed by atoms with van der Waals surface area (Å²) in [5.74, 6) is -0.392. The van der Waals surface area contributed by atoms with Gasteiger partial charge < -0.3 is 14.9 Å². The molecule has 11 heteroatoms. The number of carbonyl (C=O) groups is 1. The number of hydrogen-bond donors (Lipinski definition) is 4. The lowest BCUT2D eigenvalue weighted by molar-refractivity contribution is 0.210. The van der Waals surface area contributed by atoms with E-state index in [0.717, 1.165) is 11.1 Å². The second-order valence-electron chi connectivity index (χ2n) is 7.54. The summed E-state index contributed by atoms with van der Waals surface area (Å²) in [4.78, 5) is 16.2. The molecule has 1 aromatic carbocycles. The van der Waals surface area contributed by atoms with Crippen LogP contribution >= 0.6 is 0 Å². The Labute approximate surface area is 179 Å². The number of benzene rings is 1. The van der Waals surface area contributed by atoms with Gasteiger partial charge in [0.05, 0.1) is 18.0 Å². The van der Waals surface area contributed by atoms with Crippen LogP contribution in [0.2, 0.25) is 0 Å². The van der Waals surface area contributed by atoms with Gasteiger partial charge in [0.2, 0.25) is 5.88 Å². The molecule has 31 heavy (non-hydrogen) atoms. The van der Waals surface area contributed by atoms with Crippen LogP contribution in [0.5, 0.6) is 0 Å². The summed E-state index contributed by atoms with van der Waals surface area (Å²) in [7, 11) is -4.13. The Morgan fingerprint density at radius 2 is 1.77 bits per heavy atom. The van der Waals surface area contributed by atoms with Gasteiger partial charge in [-0.2, -0.15) is 8.42 Å². The number of hydrogen-bond acceptors (Lipinski definition) is 7. The van der Waals surface area contributed by atoms with Crippen molar-refractivity contribution in [2.45, 2.75) is 25.0 Å². The number of aromatic nitrogens is 2. The van der Waals surface area contributed by atoms with Crippen molar-refractivity contribution in [3.63, 3.8) is 0 Å². The van der Waals surface area contributed by atoms with Crippen molar-refractivity contribution >= 4 is 27.7 Å². The molecule has 0 aliphatic carbocycles. The second kappa shape index (κ2) is 8.84. The van der Waals surface area contributed by atoms with Crippen molar-refractivity contribution in [2.24, 2.45) is 0 Å². The topological polar surface area (TPSA) is 155 Å². The van der Waals surface area contributed by atoms with E-state index in [1.165, 1.54) is 12.3 Å². The third-order valence-electron chi connectivity index (χ3n) is 4.47. The molecule has 2 aromatic heterocycles. The fraction of sp³-hybridized carbons (Fsp3) is 0.250. The van der Waals surface area contributed by atoms with Crippen LogP contribution in [0.1, 0.15) is 25.2 Å². The van der Waals surface area contributed by atoms with E-state index in [9.17, 15) is 18.3 Å². The number of aliphatic hydroxyl groups is 1. The monoisotopic (exact) mass is 446 g/mol. The number of rotatable bonds is 7. The quantitative estimate of drug-likeness (QED) is 0.404. The zero-order valence-electron chi connectivity index (χ0n) is 16.9. The molecule has 0 unspecified atom stereocenters. The Morgan fingerprint density at radius 1 is 1.10 bits per heavy atom. The van der Waals surface area contributed by atoms with Crippen molar-refractivity contribution < 1.29 is 27.4 Å². The highest BCUT2D eigenvalue weighted by Crippen LogP contribution is 2.24. The molecular weight excluding hydrogens is 424 g/mol. The molecule has 2 amide bonds. The molecule has 0 saturated carbocycles. The van der Waals surface area contributed by atoms with Gasteiger partial charge in [-0.05, 0) is 23.8 Å². The first kappa shape index (κ1) is 22.4. The molecule has 0 radical (unpaired) electrons. The summed E-state index contributed by atoms with van der Waals surface area (Å²) in [6.07, 6.45) is 1.50. The van der Waals surface area contributed by atoms with E-state index >= 15 is 0 Å². The minimum atomic E-state index is -4.13. The molecule has 164 valence electrons. The summed E-state index contributed by atoms with van der Waals surface area (Å²) < 4.78 is 35.8. The van der Waals surface area contributed by atoms with Gasteiger partial charge in [-0.15, -0.1) is 0 Å². The van der Waals surface area contributed by atoms with Gasteiger partial charge in [-0.25, -0.2) is 4.79 Å². The van der Waals surface area contributed by atoms with Gasteiger partial charge in [0.1, 0.15) is 5.75 Å². The first-order chi connectivity index (χ1) is 14.6. The van der Waals surface area contributed by atoms with Crippen molar-refractivity contribution in [3.05, 3.63) is 60.0 Å². The number of pyridine rings is 1. The number of amides is 2. The third-order valence-corrected chi connectivity index (χ3v) is 5.13. The third kappa shape index (κ3) is 6.10. The molecule has 0 saturated heterocycles. The molecule has 0 bridgehead atoms. The minimum absolute atomic E-state index is 0.115. The lowest BCUT2D eigenvalue weighted by Gasteiger charge is -2.16. The summed E-state index contributed by atoms with van der Waals surface area (Å²) in [5, 5.41) is 18.4. The van der Waals surface area contributed by atoms with E-state index in [0.29, 0.717) is 11.4 Å². The maximum absolute atomic E-state index is 12.2. The van der Waals surface area contributed by atoms with Crippen LogP contribution in [0, 0.1) is 0 Å². The van der Waals surface area contributed by atoms with Crippen LogP contribution in [-0.4, -0.2) is 40.9 Å². The first-order valence-corrected chi connectivity index (χ1v) is 10.8. The highest BCUT2D eigenvalue weighted by atomic mass is 32.2. The summed E-state index contributed by atoms with van der Waals surface area (Å²) in [6, 6.07) is 11.2. The highest BCUT2D eigenvalue weighted by molar-refractivity contribution is 7.85. The van der Waals surface area contributed by atoms with Crippen LogP contribution in [0.15, 0.2) is 53.2 Å². The van der Waals surface area contributed by atoms with Crippen LogP contribution in [0.4, 0.5) is 16.4 Å².